The van der Waals surface area contributed by atoms with Gasteiger partial charge in [-0.3, -0.25) is 0 Å². The number of benzene rings is 1. The van der Waals surface area contributed by atoms with Crippen molar-refractivity contribution in [1.82, 2.24) is 10.3 Å². The number of alkyl carbamates (subject to hydrolysis) is 1. The van der Waals surface area contributed by atoms with E-state index in [9.17, 15) is 9.18 Å². The van der Waals surface area contributed by atoms with Gasteiger partial charge in [-0.25, -0.2) is 9.78 Å². The zero-order chi connectivity index (χ0) is 20.3. The number of aromatic nitrogens is 1. The molecule has 0 saturated heterocycles. The predicted molar refractivity (Wildman–Crippen MR) is 102 cm³/mol. The van der Waals surface area contributed by atoms with Gasteiger partial charge < -0.3 is 19.5 Å². The van der Waals surface area contributed by atoms with Gasteiger partial charge in [-0.15, -0.1) is 0 Å². The summed E-state index contributed by atoms with van der Waals surface area (Å²) in [7, 11) is 1.59. The predicted octanol–water partition coefficient (Wildman–Crippen LogP) is 4.19. The van der Waals surface area contributed by atoms with Crippen LogP contribution in [0.4, 0.5) is 9.18 Å². The molecule has 2 atom stereocenters. The summed E-state index contributed by atoms with van der Waals surface area (Å²) in [5, 5.41) is 2.88. The molecule has 0 aliphatic heterocycles. The average molecular weight is 388 g/mol. The summed E-state index contributed by atoms with van der Waals surface area (Å²) >= 11 is 0. The van der Waals surface area contributed by atoms with E-state index in [2.05, 4.69) is 10.3 Å². The number of ether oxygens (including phenoxy) is 3. The molecular formula is C21H25FN2O4. The van der Waals surface area contributed by atoms with Crippen LogP contribution >= 0.6 is 0 Å². The molecule has 0 radical (unpaired) electrons. The Kier molecular flexibility index (Phi) is 5.72. The number of nitrogens with zero attached hydrogens (tertiary/aromatic N) is 1. The third kappa shape index (κ3) is 5.12. The van der Waals surface area contributed by atoms with Crippen molar-refractivity contribution in [3.05, 3.63) is 53.6 Å². The van der Waals surface area contributed by atoms with E-state index >= 15 is 0 Å². The topological polar surface area (TPSA) is 69.7 Å². The Labute approximate surface area is 164 Å². The maximum atomic E-state index is 13.8. The summed E-state index contributed by atoms with van der Waals surface area (Å²) < 4.78 is 30.2. The number of carbonyl (C=O) groups is 1. The molecule has 2 aromatic rings. The summed E-state index contributed by atoms with van der Waals surface area (Å²) in [6.07, 6.45) is 1.72. The Morgan fingerprint density at radius 2 is 2.11 bits per heavy atom. The van der Waals surface area contributed by atoms with Crippen LogP contribution in [0.3, 0.4) is 0 Å². The van der Waals surface area contributed by atoms with E-state index in [1.165, 1.54) is 6.20 Å². The normalized spacial score (nSPS) is 18.3. The van der Waals surface area contributed by atoms with Gasteiger partial charge in [0.2, 0.25) is 5.95 Å². The molecule has 28 heavy (non-hydrogen) atoms. The van der Waals surface area contributed by atoms with Crippen LogP contribution in [0.15, 0.2) is 36.5 Å². The third-order valence-electron chi connectivity index (χ3n) is 4.33. The van der Waals surface area contributed by atoms with Gasteiger partial charge in [0.25, 0.3) is 0 Å². The minimum Gasteiger partial charge on any atom is -0.497 e. The lowest BCUT2D eigenvalue weighted by Gasteiger charge is -2.20. The molecule has 1 N–H and O–H groups in total. The largest absolute Gasteiger partial charge is 0.497 e. The van der Waals surface area contributed by atoms with Gasteiger partial charge in [0.05, 0.1) is 7.11 Å². The lowest BCUT2D eigenvalue weighted by molar-refractivity contribution is 0.0522. The minimum atomic E-state index is -0.549. The molecule has 7 heteroatoms. The number of pyridine rings is 1. The molecule has 1 aliphatic rings. The number of hydrogen-bond donors (Lipinski definition) is 1. The van der Waals surface area contributed by atoms with E-state index < -0.39 is 17.6 Å². The van der Waals surface area contributed by atoms with Crippen molar-refractivity contribution in [2.24, 2.45) is 0 Å². The van der Waals surface area contributed by atoms with E-state index in [-0.39, 0.29) is 18.6 Å². The van der Waals surface area contributed by atoms with E-state index in [0.717, 1.165) is 12.0 Å². The summed E-state index contributed by atoms with van der Waals surface area (Å²) in [6, 6.07) is 8.73. The van der Waals surface area contributed by atoms with Gasteiger partial charge in [-0.2, -0.15) is 4.39 Å². The third-order valence-corrected chi connectivity index (χ3v) is 4.33. The molecule has 1 aromatic carbocycles. The van der Waals surface area contributed by atoms with Gasteiger partial charge in [-0.1, -0.05) is 0 Å². The Morgan fingerprint density at radius 1 is 1.32 bits per heavy atom. The fraction of sp³-hybridized carbons (Fsp3) is 0.429. The van der Waals surface area contributed by atoms with Crippen LogP contribution in [0.5, 0.6) is 11.5 Å². The van der Waals surface area contributed by atoms with Crippen LogP contribution in [0.1, 0.15) is 44.2 Å². The van der Waals surface area contributed by atoms with Crippen LogP contribution in [0.25, 0.3) is 0 Å². The van der Waals surface area contributed by atoms with Crippen LogP contribution in [-0.2, 0) is 11.3 Å². The lowest BCUT2D eigenvalue weighted by Crippen LogP contribution is -2.34. The molecular weight excluding hydrogens is 363 g/mol. The van der Waals surface area contributed by atoms with Crippen LogP contribution < -0.4 is 14.8 Å². The van der Waals surface area contributed by atoms with Crippen molar-refractivity contribution in [2.45, 2.75) is 51.4 Å². The molecule has 1 aromatic heterocycles. The number of hydrogen-bond acceptors (Lipinski definition) is 5. The van der Waals surface area contributed by atoms with Gasteiger partial charge in [0.15, 0.2) is 0 Å². The number of halogens is 1. The van der Waals surface area contributed by atoms with E-state index in [0.29, 0.717) is 17.1 Å². The van der Waals surface area contributed by atoms with Crippen LogP contribution in [0, 0.1) is 5.95 Å². The van der Waals surface area contributed by atoms with Crippen LogP contribution in [0.2, 0.25) is 0 Å². The second-order valence-electron chi connectivity index (χ2n) is 7.74. The Balaban J connectivity index is 1.70. The Bertz CT molecular complexity index is 851. The molecule has 1 amide bonds. The van der Waals surface area contributed by atoms with Crippen molar-refractivity contribution < 1.29 is 23.4 Å². The second kappa shape index (κ2) is 8.04. The van der Waals surface area contributed by atoms with Crippen LogP contribution in [-0.4, -0.2) is 29.8 Å². The molecule has 3 rings (SSSR count). The lowest BCUT2D eigenvalue weighted by atomic mass is 10.1. The molecule has 6 nitrogen and oxygen atoms in total. The van der Waals surface area contributed by atoms with Crippen molar-refractivity contribution in [3.8, 4) is 11.5 Å². The first-order chi connectivity index (χ1) is 13.3. The number of nitrogens with one attached hydrogen (secondary N) is 1. The first-order valence-electron chi connectivity index (χ1n) is 9.16. The van der Waals surface area contributed by atoms with Crippen molar-refractivity contribution in [3.63, 3.8) is 0 Å². The van der Waals surface area contributed by atoms with E-state index in [4.69, 9.17) is 14.2 Å². The average Bonchev–Trinajstić information content (AvgIpc) is 3.38. The van der Waals surface area contributed by atoms with Crippen molar-refractivity contribution in [1.29, 1.82) is 0 Å². The van der Waals surface area contributed by atoms with E-state index in [1.807, 2.05) is 26.8 Å². The highest BCUT2D eigenvalue weighted by atomic mass is 19.1. The maximum absolute atomic E-state index is 13.8. The number of carbonyl (C=O) groups excluding carboxylic acids is 1. The molecule has 0 bridgehead atoms. The molecule has 150 valence electrons. The fourth-order valence-electron chi connectivity index (χ4n) is 2.91. The number of methoxy groups -OCH3 is 1. The zero-order valence-corrected chi connectivity index (χ0v) is 16.5. The molecule has 2 unspecified atom stereocenters. The molecule has 0 spiro atoms. The molecule has 1 saturated carbocycles. The molecule has 1 heterocycles. The molecule has 1 aliphatic carbocycles. The quantitative estimate of drug-likeness (QED) is 0.752. The first kappa shape index (κ1) is 19.9. The second-order valence-corrected chi connectivity index (χ2v) is 7.74. The summed E-state index contributed by atoms with van der Waals surface area (Å²) in [4.78, 5) is 15.6. The van der Waals surface area contributed by atoms with Crippen molar-refractivity contribution in [2.75, 3.05) is 7.11 Å². The minimum absolute atomic E-state index is 0.0422. The van der Waals surface area contributed by atoms with Crippen molar-refractivity contribution >= 4 is 6.09 Å². The van der Waals surface area contributed by atoms with Gasteiger partial charge in [0.1, 0.15) is 23.7 Å². The summed E-state index contributed by atoms with van der Waals surface area (Å²) in [5.74, 6) is 0.852. The van der Waals surface area contributed by atoms with Gasteiger partial charge >= 0.3 is 6.09 Å². The number of rotatable bonds is 6. The smallest absolute Gasteiger partial charge is 0.407 e. The summed E-state index contributed by atoms with van der Waals surface area (Å²) in [6.45, 7) is 5.53. The fourth-order valence-corrected chi connectivity index (χ4v) is 2.91. The highest BCUT2D eigenvalue weighted by molar-refractivity contribution is 5.69. The van der Waals surface area contributed by atoms with Gasteiger partial charge in [0, 0.05) is 29.3 Å². The van der Waals surface area contributed by atoms with E-state index in [1.54, 1.807) is 31.4 Å². The highest BCUT2D eigenvalue weighted by Gasteiger charge is 2.42. The first-order valence-corrected chi connectivity index (χ1v) is 9.16. The Hall–Kier alpha value is -2.83. The Morgan fingerprint density at radius 3 is 2.79 bits per heavy atom. The number of amides is 1. The molecule has 1 fully saturated rings. The standard InChI is InChI=1S/C21H25FN2O4/c1-21(2,3)28-20(25)24-17-11-15(17)16-10-14(26-4)7-8-18(16)27-12-13-6-5-9-23-19(13)22/h5-10,15,17H,11-12H2,1-4H3,(H,24,25). The summed E-state index contributed by atoms with van der Waals surface area (Å²) in [5.41, 5.74) is 0.736. The maximum Gasteiger partial charge on any atom is 0.407 e. The zero-order valence-electron chi connectivity index (χ0n) is 16.5. The van der Waals surface area contributed by atoms with Gasteiger partial charge in [-0.05, 0) is 57.5 Å². The SMILES string of the molecule is COc1ccc(OCc2cccnc2F)c(C2CC2NC(=O)OC(C)(C)C)c1. The monoisotopic (exact) mass is 388 g/mol. The highest BCUT2D eigenvalue weighted by Crippen LogP contribution is 2.46.